The van der Waals surface area contributed by atoms with Crippen LogP contribution in [0.4, 0.5) is 11.5 Å². The van der Waals surface area contributed by atoms with E-state index >= 15 is 0 Å². The van der Waals surface area contributed by atoms with Gasteiger partial charge in [-0.25, -0.2) is 4.98 Å². The number of rotatable bonds is 6. The number of hydrogen-bond acceptors (Lipinski definition) is 4. The highest BCUT2D eigenvalue weighted by atomic mass is 16.2. The molecule has 1 aromatic heterocycles. The molecule has 1 amide bonds. The summed E-state index contributed by atoms with van der Waals surface area (Å²) >= 11 is 0. The quantitative estimate of drug-likeness (QED) is 0.709. The highest BCUT2D eigenvalue weighted by Gasteiger charge is 2.23. The molecule has 3 rings (SSSR count). The molecule has 0 aliphatic rings. The second-order valence-corrected chi connectivity index (χ2v) is 6.81. The molecule has 2 aromatic carbocycles. The zero-order valence-corrected chi connectivity index (χ0v) is 16.8. The van der Waals surface area contributed by atoms with Crippen LogP contribution in [0.2, 0.25) is 0 Å². The Labute approximate surface area is 164 Å². The van der Waals surface area contributed by atoms with Gasteiger partial charge in [0.15, 0.2) is 5.82 Å². The third-order valence-corrected chi connectivity index (χ3v) is 4.89. The molecule has 0 bridgehead atoms. The number of benzene rings is 2. The summed E-state index contributed by atoms with van der Waals surface area (Å²) in [5.74, 6) is 0.133. The standard InChI is InChI=1S/C22H26N4O2/c1-5-25(6-2)20-22(28)26(19-13-8-7-12-18(19)24-20)16(4)21(27)23-17-11-9-10-15(3)14-17/h7-14,16H,5-6H2,1-4H3,(H,23,27)/t16-/m1/s1. The van der Waals surface area contributed by atoms with Gasteiger partial charge in [-0.05, 0) is 57.5 Å². The molecule has 0 saturated heterocycles. The Morgan fingerprint density at radius 2 is 1.86 bits per heavy atom. The van der Waals surface area contributed by atoms with Crippen molar-refractivity contribution in [1.29, 1.82) is 0 Å². The average molecular weight is 378 g/mol. The molecule has 1 N–H and O–H groups in total. The number of anilines is 2. The fraction of sp³-hybridized carbons (Fsp3) is 0.318. The summed E-state index contributed by atoms with van der Waals surface area (Å²) in [5.41, 5.74) is 2.86. The number of carbonyl (C=O) groups is 1. The van der Waals surface area contributed by atoms with E-state index in [1.54, 1.807) is 11.5 Å². The first-order chi connectivity index (χ1) is 13.5. The number of nitrogens with zero attached hydrogens (tertiary/aromatic N) is 3. The van der Waals surface area contributed by atoms with E-state index in [-0.39, 0.29) is 11.5 Å². The minimum atomic E-state index is -0.685. The predicted molar refractivity (Wildman–Crippen MR) is 114 cm³/mol. The van der Waals surface area contributed by atoms with E-state index in [0.717, 1.165) is 5.56 Å². The van der Waals surface area contributed by atoms with Crippen LogP contribution < -0.4 is 15.8 Å². The van der Waals surface area contributed by atoms with Gasteiger partial charge in [-0.2, -0.15) is 0 Å². The first-order valence-electron chi connectivity index (χ1n) is 9.60. The zero-order valence-electron chi connectivity index (χ0n) is 16.8. The Kier molecular flexibility index (Phi) is 5.78. The van der Waals surface area contributed by atoms with Crippen LogP contribution in [-0.4, -0.2) is 28.5 Å². The van der Waals surface area contributed by atoms with E-state index in [4.69, 9.17) is 0 Å². The van der Waals surface area contributed by atoms with Crippen molar-refractivity contribution in [2.75, 3.05) is 23.3 Å². The Balaban J connectivity index is 2.08. The van der Waals surface area contributed by atoms with Crippen molar-refractivity contribution >= 4 is 28.4 Å². The molecule has 0 radical (unpaired) electrons. The SMILES string of the molecule is CCN(CC)c1nc2ccccc2n([C@H](C)C(=O)Nc2cccc(C)c2)c1=O. The normalized spacial score (nSPS) is 12.0. The Hall–Kier alpha value is -3.15. The average Bonchev–Trinajstić information content (AvgIpc) is 2.69. The van der Waals surface area contributed by atoms with Gasteiger partial charge < -0.3 is 10.2 Å². The fourth-order valence-electron chi connectivity index (χ4n) is 3.34. The zero-order chi connectivity index (χ0) is 20.3. The molecule has 0 fully saturated rings. The molecule has 28 heavy (non-hydrogen) atoms. The van der Waals surface area contributed by atoms with Crippen molar-refractivity contribution in [3.63, 3.8) is 0 Å². The van der Waals surface area contributed by atoms with Gasteiger partial charge in [0.1, 0.15) is 6.04 Å². The molecule has 146 valence electrons. The van der Waals surface area contributed by atoms with Gasteiger partial charge in [-0.1, -0.05) is 24.3 Å². The van der Waals surface area contributed by atoms with E-state index in [0.29, 0.717) is 35.6 Å². The second-order valence-electron chi connectivity index (χ2n) is 6.81. The van der Waals surface area contributed by atoms with Crippen LogP contribution in [-0.2, 0) is 4.79 Å². The van der Waals surface area contributed by atoms with Gasteiger partial charge in [0.25, 0.3) is 5.56 Å². The van der Waals surface area contributed by atoms with Gasteiger partial charge in [0.2, 0.25) is 5.91 Å². The Morgan fingerprint density at radius 3 is 2.54 bits per heavy atom. The highest BCUT2D eigenvalue weighted by Crippen LogP contribution is 2.20. The maximum Gasteiger partial charge on any atom is 0.294 e. The number of amides is 1. The third-order valence-electron chi connectivity index (χ3n) is 4.89. The van der Waals surface area contributed by atoms with Crippen LogP contribution in [0.3, 0.4) is 0 Å². The first-order valence-corrected chi connectivity index (χ1v) is 9.60. The van der Waals surface area contributed by atoms with Gasteiger partial charge >= 0.3 is 0 Å². The predicted octanol–water partition coefficient (Wildman–Crippen LogP) is 3.75. The van der Waals surface area contributed by atoms with Crippen molar-refractivity contribution in [2.24, 2.45) is 0 Å². The molecule has 0 spiro atoms. The summed E-state index contributed by atoms with van der Waals surface area (Å²) in [6.07, 6.45) is 0. The lowest BCUT2D eigenvalue weighted by Crippen LogP contribution is -2.37. The first kappa shape index (κ1) is 19.6. The van der Waals surface area contributed by atoms with Crippen molar-refractivity contribution in [3.05, 3.63) is 64.4 Å². The molecule has 0 unspecified atom stereocenters. The van der Waals surface area contributed by atoms with Gasteiger partial charge in [-0.15, -0.1) is 0 Å². The van der Waals surface area contributed by atoms with Gasteiger partial charge in [0, 0.05) is 18.8 Å². The maximum atomic E-state index is 13.3. The molecule has 6 heteroatoms. The Morgan fingerprint density at radius 1 is 1.14 bits per heavy atom. The van der Waals surface area contributed by atoms with E-state index < -0.39 is 6.04 Å². The van der Waals surface area contributed by atoms with E-state index in [1.165, 1.54) is 0 Å². The molecule has 0 aliphatic heterocycles. The van der Waals surface area contributed by atoms with E-state index in [2.05, 4.69) is 10.3 Å². The second kappa shape index (κ2) is 8.25. The minimum absolute atomic E-state index is 0.241. The molecular weight excluding hydrogens is 352 g/mol. The smallest absolute Gasteiger partial charge is 0.294 e. The van der Waals surface area contributed by atoms with Crippen LogP contribution >= 0.6 is 0 Å². The van der Waals surface area contributed by atoms with Gasteiger partial charge in [-0.3, -0.25) is 14.2 Å². The molecule has 0 aliphatic carbocycles. The van der Waals surface area contributed by atoms with Crippen LogP contribution in [0, 0.1) is 6.92 Å². The molecule has 1 atom stereocenters. The van der Waals surface area contributed by atoms with Crippen molar-refractivity contribution < 1.29 is 4.79 Å². The summed E-state index contributed by atoms with van der Waals surface area (Å²) in [6, 6.07) is 14.3. The largest absolute Gasteiger partial charge is 0.353 e. The third kappa shape index (κ3) is 3.76. The number of carbonyl (C=O) groups excluding carboxylic acids is 1. The lowest BCUT2D eigenvalue weighted by molar-refractivity contribution is -0.118. The number of aromatic nitrogens is 2. The van der Waals surface area contributed by atoms with Crippen LogP contribution in [0.25, 0.3) is 11.0 Å². The van der Waals surface area contributed by atoms with E-state index in [1.807, 2.05) is 74.2 Å². The van der Waals surface area contributed by atoms with Crippen LogP contribution in [0.15, 0.2) is 53.3 Å². The number of aryl methyl sites for hydroxylation is 1. The van der Waals surface area contributed by atoms with Crippen molar-refractivity contribution in [2.45, 2.75) is 33.7 Å². The number of para-hydroxylation sites is 2. The highest BCUT2D eigenvalue weighted by molar-refractivity contribution is 5.94. The van der Waals surface area contributed by atoms with Crippen LogP contribution in [0.1, 0.15) is 32.4 Å². The molecular formula is C22H26N4O2. The van der Waals surface area contributed by atoms with Crippen LogP contribution in [0.5, 0.6) is 0 Å². The lowest BCUT2D eigenvalue weighted by atomic mass is 10.2. The number of fused-ring (bicyclic) bond motifs is 1. The maximum absolute atomic E-state index is 13.3. The van der Waals surface area contributed by atoms with Gasteiger partial charge in [0.05, 0.1) is 11.0 Å². The molecule has 3 aromatic rings. The molecule has 0 saturated carbocycles. The number of nitrogens with one attached hydrogen (secondary N) is 1. The summed E-state index contributed by atoms with van der Waals surface area (Å²) in [5, 5.41) is 2.92. The van der Waals surface area contributed by atoms with Crippen molar-refractivity contribution in [1.82, 2.24) is 9.55 Å². The van der Waals surface area contributed by atoms with Crippen molar-refractivity contribution in [3.8, 4) is 0 Å². The minimum Gasteiger partial charge on any atom is -0.353 e. The molecule has 1 heterocycles. The summed E-state index contributed by atoms with van der Waals surface area (Å²) in [4.78, 5) is 32.7. The lowest BCUT2D eigenvalue weighted by Gasteiger charge is -2.23. The monoisotopic (exact) mass is 378 g/mol. The summed E-state index contributed by atoms with van der Waals surface area (Å²) in [7, 11) is 0. The van der Waals surface area contributed by atoms with E-state index in [9.17, 15) is 9.59 Å². The fourth-order valence-corrected chi connectivity index (χ4v) is 3.34. The summed E-state index contributed by atoms with van der Waals surface area (Å²) < 4.78 is 1.54. The topological polar surface area (TPSA) is 67.2 Å². The molecule has 6 nitrogen and oxygen atoms in total. The summed E-state index contributed by atoms with van der Waals surface area (Å²) in [6.45, 7) is 9.01. The number of hydrogen-bond donors (Lipinski definition) is 1. The Bertz CT molecular complexity index is 1050.